The summed E-state index contributed by atoms with van der Waals surface area (Å²) in [5.74, 6) is 0.231. The third-order valence-corrected chi connectivity index (χ3v) is 2.43. The number of primary amides is 1. The van der Waals surface area contributed by atoms with Gasteiger partial charge in [-0.15, -0.1) is 0 Å². The van der Waals surface area contributed by atoms with Crippen molar-refractivity contribution in [2.75, 3.05) is 0 Å². The van der Waals surface area contributed by atoms with Crippen molar-refractivity contribution in [3.05, 3.63) is 12.2 Å². The molecule has 0 aliphatic carbocycles. The summed E-state index contributed by atoms with van der Waals surface area (Å²) in [7, 11) is 0. The van der Waals surface area contributed by atoms with Crippen LogP contribution in [0, 0.1) is 5.92 Å². The Hall–Kier alpha value is -0.790. The van der Waals surface area contributed by atoms with Gasteiger partial charge in [-0.3, -0.25) is 4.79 Å². The molecule has 0 bridgehead atoms. The van der Waals surface area contributed by atoms with E-state index in [0.717, 1.165) is 12.8 Å². The Morgan fingerprint density at radius 1 is 1.46 bits per heavy atom. The molecule has 0 aliphatic heterocycles. The molecule has 0 fully saturated rings. The Bertz CT molecular complexity index is 175. The Balaban J connectivity index is 3.83. The molecule has 76 valence electrons. The second-order valence-electron chi connectivity index (χ2n) is 3.59. The van der Waals surface area contributed by atoms with Crippen LogP contribution in [0.3, 0.4) is 0 Å². The topological polar surface area (TPSA) is 43.1 Å². The molecule has 2 N–H and O–H groups in total. The molecular weight excluding hydrogens is 162 g/mol. The first-order valence-electron chi connectivity index (χ1n) is 5.09. The molecule has 0 heterocycles. The zero-order chi connectivity index (χ0) is 10.3. The lowest BCUT2D eigenvalue weighted by molar-refractivity contribution is -0.114. The molecule has 1 amide bonds. The summed E-state index contributed by atoms with van der Waals surface area (Å²) in [6.45, 7) is 8.00. The van der Waals surface area contributed by atoms with Gasteiger partial charge in [-0.1, -0.05) is 46.1 Å². The Labute approximate surface area is 81.2 Å². The van der Waals surface area contributed by atoms with Gasteiger partial charge in [0.05, 0.1) is 0 Å². The van der Waals surface area contributed by atoms with Gasteiger partial charge in [-0.2, -0.15) is 0 Å². The van der Waals surface area contributed by atoms with Crippen LogP contribution in [0.4, 0.5) is 0 Å². The summed E-state index contributed by atoms with van der Waals surface area (Å²) < 4.78 is 0. The van der Waals surface area contributed by atoms with Crippen LogP contribution in [0.1, 0.15) is 46.0 Å². The number of carbonyl (C=O) groups is 1. The molecule has 0 saturated carbocycles. The summed E-state index contributed by atoms with van der Waals surface area (Å²) in [4.78, 5) is 10.7. The highest BCUT2D eigenvalue weighted by Gasteiger charge is 2.10. The third-order valence-electron chi connectivity index (χ3n) is 2.43. The van der Waals surface area contributed by atoms with E-state index in [1.807, 2.05) is 0 Å². The fraction of sp³-hybridized carbons (Fsp3) is 0.727. The molecule has 13 heavy (non-hydrogen) atoms. The molecule has 1 atom stereocenters. The molecule has 2 heteroatoms. The van der Waals surface area contributed by atoms with Crippen LogP contribution in [0.2, 0.25) is 0 Å². The van der Waals surface area contributed by atoms with E-state index in [9.17, 15) is 4.79 Å². The predicted molar refractivity (Wildman–Crippen MR) is 56.3 cm³/mol. The first kappa shape index (κ1) is 12.2. The first-order chi connectivity index (χ1) is 6.11. The Kier molecular flexibility index (Phi) is 6.29. The van der Waals surface area contributed by atoms with Crippen molar-refractivity contribution >= 4 is 5.91 Å². The SMILES string of the molecule is C=C(CC(CC)CCCC)C(N)=O. The minimum absolute atomic E-state index is 0.352. The second-order valence-corrected chi connectivity index (χ2v) is 3.59. The largest absolute Gasteiger partial charge is 0.366 e. The number of nitrogens with two attached hydrogens (primary N) is 1. The summed E-state index contributed by atoms with van der Waals surface area (Å²) >= 11 is 0. The molecule has 0 aromatic heterocycles. The fourth-order valence-corrected chi connectivity index (χ4v) is 1.39. The molecular formula is C11H21NO. The van der Waals surface area contributed by atoms with Crippen LogP contribution in [0.5, 0.6) is 0 Å². The quantitative estimate of drug-likeness (QED) is 0.606. The molecule has 0 radical (unpaired) electrons. The molecule has 0 aromatic rings. The minimum atomic E-state index is -0.352. The molecule has 0 aromatic carbocycles. The van der Waals surface area contributed by atoms with Crippen molar-refractivity contribution in [2.24, 2.45) is 11.7 Å². The Morgan fingerprint density at radius 2 is 2.08 bits per heavy atom. The molecule has 0 spiro atoms. The monoisotopic (exact) mass is 183 g/mol. The van der Waals surface area contributed by atoms with E-state index in [4.69, 9.17) is 5.73 Å². The highest BCUT2D eigenvalue weighted by atomic mass is 16.1. The number of carbonyl (C=O) groups excluding carboxylic acids is 1. The number of unbranched alkanes of at least 4 members (excludes halogenated alkanes) is 1. The van der Waals surface area contributed by atoms with Gasteiger partial charge in [0.15, 0.2) is 0 Å². The van der Waals surface area contributed by atoms with Crippen molar-refractivity contribution in [3.63, 3.8) is 0 Å². The van der Waals surface area contributed by atoms with Crippen LogP contribution in [-0.2, 0) is 4.79 Å². The second kappa shape index (κ2) is 6.70. The predicted octanol–water partition coefficient (Wildman–Crippen LogP) is 2.63. The summed E-state index contributed by atoms with van der Waals surface area (Å²) in [5.41, 5.74) is 5.70. The summed E-state index contributed by atoms with van der Waals surface area (Å²) in [6, 6.07) is 0. The highest BCUT2D eigenvalue weighted by molar-refractivity contribution is 5.91. The molecule has 0 aliphatic rings. The summed E-state index contributed by atoms with van der Waals surface area (Å²) in [5, 5.41) is 0. The van der Waals surface area contributed by atoms with E-state index >= 15 is 0 Å². The number of hydrogen-bond donors (Lipinski definition) is 1. The standard InChI is InChI=1S/C11H21NO/c1-4-6-7-10(5-2)8-9(3)11(12)13/h10H,3-8H2,1-2H3,(H2,12,13). The number of amides is 1. The maximum absolute atomic E-state index is 10.7. The zero-order valence-corrected chi connectivity index (χ0v) is 8.81. The molecule has 1 unspecified atom stereocenters. The zero-order valence-electron chi connectivity index (χ0n) is 8.81. The van der Waals surface area contributed by atoms with Crippen LogP contribution in [-0.4, -0.2) is 5.91 Å². The van der Waals surface area contributed by atoms with Crippen molar-refractivity contribution in [3.8, 4) is 0 Å². The lowest BCUT2D eigenvalue weighted by atomic mass is 9.92. The van der Waals surface area contributed by atoms with Crippen LogP contribution in [0.15, 0.2) is 12.2 Å². The van der Waals surface area contributed by atoms with E-state index in [1.54, 1.807) is 0 Å². The molecule has 2 nitrogen and oxygen atoms in total. The van der Waals surface area contributed by atoms with E-state index in [-0.39, 0.29) is 5.91 Å². The van der Waals surface area contributed by atoms with Gasteiger partial charge < -0.3 is 5.73 Å². The Morgan fingerprint density at radius 3 is 2.46 bits per heavy atom. The van der Waals surface area contributed by atoms with E-state index < -0.39 is 0 Å². The average molecular weight is 183 g/mol. The lowest BCUT2D eigenvalue weighted by Crippen LogP contribution is -2.15. The van der Waals surface area contributed by atoms with Crippen molar-refractivity contribution in [1.82, 2.24) is 0 Å². The first-order valence-corrected chi connectivity index (χ1v) is 5.09. The van der Waals surface area contributed by atoms with Gasteiger partial charge in [0.1, 0.15) is 0 Å². The van der Waals surface area contributed by atoms with E-state index in [0.29, 0.717) is 11.5 Å². The van der Waals surface area contributed by atoms with E-state index in [1.165, 1.54) is 19.3 Å². The minimum Gasteiger partial charge on any atom is -0.366 e. The molecule has 0 saturated heterocycles. The van der Waals surface area contributed by atoms with Gasteiger partial charge in [0.2, 0.25) is 5.91 Å². The van der Waals surface area contributed by atoms with Gasteiger partial charge in [0.25, 0.3) is 0 Å². The van der Waals surface area contributed by atoms with Crippen molar-refractivity contribution in [1.29, 1.82) is 0 Å². The average Bonchev–Trinajstić information content (AvgIpc) is 2.11. The lowest BCUT2D eigenvalue weighted by Gasteiger charge is -2.13. The van der Waals surface area contributed by atoms with Gasteiger partial charge in [-0.25, -0.2) is 0 Å². The fourth-order valence-electron chi connectivity index (χ4n) is 1.39. The van der Waals surface area contributed by atoms with Crippen LogP contribution in [0.25, 0.3) is 0 Å². The van der Waals surface area contributed by atoms with Crippen LogP contribution < -0.4 is 5.73 Å². The van der Waals surface area contributed by atoms with Gasteiger partial charge in [-0.05, 0) is 12.3 Å². The number of rotatable bonds is 7. The smallest absolute Gasteiger partial charge is 0.244 e. The maximum atomic E-state index is 10.7. The van der Waals surface area contributed by atoms with Crippen molar-refractivity contribution < 1.29 is 4.79 Å². The maximum Gasteiger partial charge on any atom is 0.244 e. The number of hydrogen-bond acceptors (Lipinski definition) is 1. The normalized spacial score (nSPS) is 12.5. The van der Waals surface area contributed by atoms with E-state index in [2.05, 4.69) is 20.4 Å². The third kappa shape index (κ3) is 5.45. The summed E-state index contributed by atoms with van der Waals surface area (Å²) in [6.07, 6.45) is 5.49. The van der Waals surface area contributed by atoms with Gasteiger partial charge in [0, 0.05) is 5.57 Å². The van der Waals surface area contributed by atoms with Gasteiger partial charge >= 0.3 is 0 Å². The van der Waals surface area contributed by atoms with Crippen molar-refractivity contribution in [2.45, 2.75) is 46.0 Å². The highest BCUT2D eigenvalue weighted by Crippen LogP contribution is 2.19. The van der Waals surface area contributed by atoms with Crippen LogP contribution >= 0.6 is 0 Å². The molecule has 0 rings (SSSR count).